The third-order valence-corrected chi connectivity index (χ3v) is 3.67. The van der Waals surface area contributed by atoms with Crippen LogP contribution in [0.15, 0.2) is 24.3 Å². The predicted octanol–water partition coefficient (Wildman–Crippen LogP) is 2.58. The Morgan fingerprint density at radius 2 is 2.05 bits per heavy atom. The molecule has 20 heavy (non-hydrogen) atoms. The van der Waals surface area contributed by atoms with E-state index in [1.807, 2.05) is 24.3 Å². The van der Waals surface area contributed by atoms with Crippen molar-refractivity contribution in [1.82, 2.24) is 4.90 Å². The number of anilines is 1. The molecule has 5 heteroatoms. The summed E-state index contributed by atoms with van der Waals surface area (Å²) in [6.45, 7) is 2.98. The minimum Gasteiger partial charge on any atom is -0.481 e. The smallest absolute Gasteiger partial charge is 0.321 e. The highest BCUT2D eigenvalue weighted by Gasteiger charge is 2.28. The van der Waals surface area contributed by atoms with E-state index < -0.39 is 11.9 Å². The van der Waals surface area contributed by atoms with Crippen LogP contribution in [0, 0.1) is 5.92 Å². The molecule has 5 nitrogen and oxygen atoms in total. The molecular weight excluding hydrogens is 256 g/mol. The molecule has 108 valence electrons. The number of carbonyl (C=O) groups excluding carboxylic acids is 1. The Hall–Kier alpha value is -2.04. The highest BCUT2D eigenvalue weighted by Crippen LogP contribution is 2.18. The number of amides is 2. The van der Waals surface area contributed by atoms with Crippen LogP contribution >= 0.6 is 0 Å². The Kier molecular flexibility index (Phi) is 4.61. The fourth-order valence-corrected chi connectivity index (χ4v) is 2.39. The standard InChI is InChI=1S/C15H20N2O3/c1-2-11-5-7-13(8-6-11)16-15(20)17-9-3-4-12(10-17)14(18)19/h5-8,12H,2-4,9-10H2,1H3,(H,16,20)(H,18,19)/t12-/m0/s1. The maximum Gasteiger partial charge on any atom is 0.321 e. The predicted molar refractivity (Wildman–Crippen MR) is 76.8 cm³/mol. The van der Waals surface area contributed by atoms with Gasteiger partial charge in [0.25, 0.3) is 0 Å². The average Bonchev–Trinajstić information content (AvgIpc) is 2.48. The number of benzene rings is 1. The molecule has 1 aromatic carbocycles. The number of nitrogens with one attached hydrogen (secondary N) is 1. The minimum absolute atomic E-state index is 0.222. The van der Waals surface area contributed by atoms with Gasteiger partial charge in [0.1, 0.15) is 0 Å². The number of likely N-dealkylation sites (tertiary alicyclic amines) is 1. The molecule has 0 spiro atoms. The zero-order valence-electron chi connectivity index (χ0n) is 11.6. The topological polar surface area (TPSA) is 69.6 Å². The van der Waals surface area contributed by atoms with Gasteiger partial charge in [0.15, 0.2) is 0 Å². The van der Waals surface area contributed by atoms with Crippen molar-refractivity contribution in [3.63, 3.8) is 0 Å². The zero-order chi connectivity index (χ0) is 14.5. The van der Waals surface area contributed by atoms with Gasteiger partial charge in [-0.15, -0.1) is 0 Å². The monoisotopic (exact) mass is 276 g/mol. The Morgan fingerprint density at radius 3 is 2.65 bits per heavy atom. The summed E-state index contributed by atoms with van der Waals surface area (Å²) in [6.07, 6.45) is 2.34. The van der Waals surface area contributed by atoms with E-state index in [1.165, 1.54) is 5.56 Å². The van der Waals surface area contributed by atoms with E-state index >= 15 is 0 Å². The summed E-state index contributed by atoms with van der Waals surface area (Å²) in [6, 6.07) is 7.47. The number of nitrogens with zero attached hydrogens (tertiary/aromatic N) is 1. The Bertz CT molecular complexity index is 484. The quantitative estimate of drug-likeness (QED) is 0.891. The maximum absolute atomic E-state index is 12.1. The van der Waals surface area contributed by atoms with Crippen molar-refractivity contribution in [3.05, 3.63) is 29.8 Å². The molecule has 2 rings (SSSR count). The number of rotatable bonds is 3. The summed E-state index contributed by atoms with van der Waals surface area (Å²) < 4.78 is 0. The minimum atomic E-state index is -0.824. The lowest BCUT2D eigenvalue weighted by molar-refractivity contribution is -0.143. The summed E-state index contributed by atoms with van der Waals surface area (Å²) in [5.74, 6) is -1.27. The first kappa shape index (κ1) is 14.4. The van der Waals surface area contributed by atoms with Gasteiger partial charge in [0.05, 0.1) is 5.92 Å². The van der Waals surface area contributed by atoms with Crippen LogP contribution in [0.1, 0.15) is 25.3 Å². The van der Waals surface area contributed by atoms with Gasteiger partial charge >= 0.3 is 12.0 Å². The van der Waals surface area contributed by atoms with Crippen molar-refractivity contribution >= 4 is 17.7 Å². The largest absolute Gasteiger partial charge is 0.481 e. The summed E-state index contributed by atoms with van der Waals surface area (Å²) in [5, 5.41) is 11.8. The van der Waals surface area contributed by atoms with Crippen molar-refractivity contribution in [1.29, 1.82) is 0 Å². The number of aryl methyl sites for hydroxylation is 1. The molecular formula is C15H20N2O3. The van der Waals surface area contributed by atoms with Crippen LogP contribution in [0.3, 0.4) is 0 Å². The molecule has 0 unspecified atom stereocenters. The van der Waals surface area contributed by atoms with Gasteiger partial charge in [0.2, 0.25) is 0 Å². The summed E-state index contributed by atoms with van der Waals surface area (Å²) in [5.41, 5.74) is 1.96. The van der Waals surface area contributed by atoms with Gasteiger partial charge in [0, 0.05) is 18.8 Å². The number of hydrogen-bond donors (Lipinski definition) is 2. The average molecular weight is 276 g/mol. The normalized spacial score (nSPS) is 18.6. The lowest BCUT2D eigenvalue weighted by Crippen LogP contribution is -2.44. The van der Waals surface area contributed by atoms with E-state index in [-0.39, 0.29) is 12.6 Å². The summed E-state index contributed by atoms with van der Waals surface area (Å²) in [7, 11) is 0. The SMILES string of the molecule is CCc1ccc(NC(=O)N2CCC[C@H](C(=O)O)C2)cc1. The lowest BCUT2D eigenvalue weighted by Gasteiger charge is -2.30. The Labute approximate surface area is 118 Å². The van der Waals surface area contributed by atoms with E-state index in [1.54, 1.807) is 4.90 Å². The third kappa shape index (κ3) is 3.50. The molecule has 1 atom stereocenters. The molecule has 1 aliphatic heterocycles. The van der Waals surface area contributed by atoms with E-state index in [2.05, 4.69) is 12.2 Å². The third-order valence-electron chi connectivity index (χ3n) is 3.67. The van der Waals surface area contributed by atoms with Crippen molar-refractivity contribution in [2.24, 2.45) is 5.92 Å². The lowest BCUT2D eigenvalue weighted by atomic mass is 9.99. The molecule has 0 aromatic heterocycles. The van der Waals surface area contributed by atoms with Crippen LogP contribution in [-0.4, -0.2) is 35.1 Å². The number of aliphatic carboxylic acids is 1. The van der Waals surface area contributed by atoms with Crippen LogP contribution in [-0.2, 0) is 11.2 Å². The van der Waals surface area contributed by atoms with Crippen LogP contribution in [0.5, 0.6) is 0 Å². The number of carboxylic acids is 1. The van der Waals surface area contributed by atoms with E-state index in [4.69, 9.17) is 5.11 Å². The van der Waals surface area contributed by atoms with Crippen LogP contribution in [0.4, 0.5) is 10.5 Å². The van der Waals surface area contributed by atoms with Gasteiger partial charge in [-0.05, 0) is 37.0 Å². The summed E-state index contributed by atoms with van der Waals surface area (Å²) in [4.78, 5) is 24.7. The Balaban J connectivity index is 1.95. The van der Waals surface area contributed by atoms with Crippen molar-refractivity contribution in [3.8, 4) is 0 Å². The molecule has 0 radical (unpaired) electrons. The van der Waals surface area contributed by atoms with Gasteiger partial charge < -0.3 is 15.3 Å². The molecule has 0 bridgehead atoms. The molecule has 2 amide bonds. The fourth-order valence-electron chi connectivity index (χ4n) is 2.39. The molecule has 1 aromatic rings. The number of urea groups is 1. The molecule has 1 fully saturated rings. The van der Waals surface area contributed by atoms with Crippen molar-refractivity contribution in [2.75, 3.05) is 18.4 Å². The highest BCUT2D eigenvalue weighted by molar-refractivity contribution is 5.89. The highest BCUT2D eigenvalue weighted by atomic mass is 16.4. The van der Waals surface area contributed by atoms with E-state index in [0.29, 0.717) is 13.0 Å². The van der Waals surface area contributed by atoms with E-state index in [0.717, 1.165) is 18.5 Å². The maximum atomic E-state index is 12.1. The number of hydrogen-bond acceptors (Lipinski definition) is 2. The fraction of sp³-hybridized carbons (Fsp3) is 0.467. The summed E-state index contributed by atoms with van der Waals surface area (Å²) >= 11 is 0. The number of carboxylic acid groups (broad SMARTS) is 1. The first-order valence-electron chi connectivity index (χ1n) is 6.98. The molecule has 2 N–H and O–H groups in total. The first-order chi connectivity index (χ1) is 9.60. The van der Waals surface area contributed by atoms with Gasteiger partial charge in [-0.25, -0.2) is 4.79 Å². The van der Waals surface area contributed by atoms with Crippen LogP contribution in [0.2, 0.25) is 0 Å². The Morgan fingerprint density at radius 1 is 1.35 bits per heavy atom. The van der Waals surface area contributed by atoms with Gasteiger partial charge in [-0.1, -0.05) is 19.1 Å². The molecule has 0 saturated carbocycles. The van der Waals surface area contributed by atoms with E-state index in [9.17, 15) is 9.59 Å². The van der Waals surface area contributed by atoms with Crippen LogP contribution in [0.25, 0.3) is 0 Å². The first-order valence-corrected chi connectivity index (χ1v) is 6.98. The second-order valence-electron chi connectivity index (χ2n) is 5.10. The second kappa shape index (κ2) is 6.41. The number of piperidine rings is 1. The zero-order valence-corrected chi connectivity index (χ0v) is 11.6. The van der Waals surface area contributed by atoms with Crippen LogP contribution < -0.4 is 5.32 Å². The second-order valence-corrected chi connectivity index (χ2v) is 5.10. The molecule has 1 aliphatic rings. The molecule has 1 saturated heterocycles. The van der Waals surface area contributed by atoms with Crippen molar-refractivity contribution < 1.29 is 14.7 Å². The molecule has 0 aliphatic carbocycles. The van der Waals surface area contributed by atoms with Gasteiger partial charge in [-0.2, -0.15) is 0 Å². The number of carbonyl (C=O) groups is 2. The van der Waals surface area contributed by atoms with Gasteiger partial charge in [-0.3, -0.25) is 4.79 Å². The molecule has 1 heterocycles. The van der Waals surface area contributed by atoms with Crippen molar-refractivity contribution in [2.45, 2.75) is 26.2 Å².